The zero-order valence-electron chi connectivity index (χ0n) is 14.9. The van der Waals surface area contributed by atoms with Gasteiger partial charge in [0.15, 0.2) is 0 Å². The number of carbonyl (C=O) groups excluding carboxylic acids is 1. The standard InChI is InChI=1S/C20H19FN4O2/c1-14-22-19(23-27-14)15-6-8-16(9-7-15)24-10-12-25(13-11-24)20(26)17-4-2-3-5-18(17)21/h2-9H,10-13H2,1H3. The second kappa shape index (κ2) is 7.19. The first kappa shape index (κ1) is 17.2. The molecule has 0 aliphatic carbocycles. The van der Waals surface area contributed by atoms with Crippen LogP contribution in [0.5, 0.6) is 0 Å². The highest BCUT2D eigenvalue weighted by Crippen LogP contribution is 2.22. The summed E-state index contributed by atoms with van der Waals surface area (Å²) in [5.41, 5.74) is 2.09. The number of amides is 1. The number of benzene rings is 2. The van der Waals surface area contributed by atoms with Crippen molar-refractivity contribution in [3.63, 3.8) is 0 Å². The van der Waals surface area contributed by atoms with Crippen LogP contribution in [-0.2, 0) is 0 Å². The summed E-state index contributed by atoms with van der Waals surface area (Å²) in [6, 6.07) is 14.0. The Bertz CT molecular complexity index is 947. The fourth-order valence-electron chi connectivity index (χ4n) is 3.21. The van der Waals surface area contributed by atoms with Gasteiger partial charge in [0.25, 0.3) is 5.91 Å². The maximum absolute atomic E-state index is 13.8. The summed E-state index contributed by atoms with van der Waals surface area (Å²) in [6.45, 7) is 4.26. The van der Waals surface area contributed by atoms with E-state index in [1.54, 1.807) is 24.0 Å². The molecule has 2 heterocycles. The van der Waals surface area contributed by atoms with Crippen molar-refractivity contribution < 1.29 is 13.7 Å². The molecule has 1 aliphatic heterocycles. The van der Waals surface area contributed by atoms with Crippen molar-refractivity contribution in [1.29, 1.82) is 0 Å². The molecule has 1 aromatic heterocycles. The van der Waals surface area contributed by atoms with Crippen molar-refractivity contribution in [2.24, 2.45) is 0 Å². The van der Waals surface area contributed by atoms with Crippen LogP contribution in [0.2, 0.25) is 0 Å². The molecule has 0 atom stereocenters. The third kappa shape index (κ3) is 3.53. The minimum absolute atomic E-state index is 0.130. The minimum Gasteiger partial charge on any atom is -0.368 e. The van der Waals surface area contributed by atoms with Gasteiger partial charge in [0, 0.05) is 44.4 Å². The molecule has 6 nitrogen and oxygen atoms in total. The average Bonchev–Trinajstić information content (AvgIpc) is 3.14. The molecule has 1 aliphatic rings. The molecule has 2 aromatic carbocycles. The topological polar surface area (TPSA) is 62.5 Å². The number of aryl methyl sites for hydroxylation is 1. The highest BCUT2D eigenvalue weighted by molar-refractivity contribution is 5.94. The van der Waals surface area contributed by atoms with E-state index in [9.17, 15) is 9.18 Å². The molecule has 0 saturated carbocycles. The van der Waals surface area contributed by atoms with Gasteiger partial charge in [0.1, 0.15) is 5.82 Å². The van der Waals surface area contributed by atoms with Crippen molar-refractivity contribution in [1.82, 2.24) is 15.0 Å². The number of rotatable bonds is 3. The van der Waals surface area contributed by atoms with Crippen LogP contribution >= 0.6 is 0 Å². The summed E-state index contributed by atoms with van der Waals surface area (Å²) in [4.78, 5) is 20.6. The van der Waals surface area contributed by atoms with E-state index in [2.05, 4.69) is 15.0 Å². The van der Waals surface area contributed by atoms with Crippen LogP contribution in [0.15, 0.2) is 53.1 Å². The van der Waals surface area contributed by atoms with E-state index >= 15 is 0 Å². The lowest BCUT2D eigenvalue weighted by Crippen LogP contribution is -2.49. The van der Waals surface area contributed by atoms with Gasteiger partial charge in [-0.25, -0.2) is 4.39 Å². The second-order valence-electron chi connectivity index (χ2n) is 6.44. The van der Waals surface area contributed by atoms with Gasteiger partial charge in [0.05, 0.1) is 5.56 Å². The lowest BCUT2D eigenvalue weighted by Gasteiger charge is -2.36. The number of carbonyl (C=O) groups is 1. The highest BCUT2D eigenvalue weighted by Gasteiger charge is 2.24. The molecular weight excluding hydrogens is 347 g/mol. The number of aromatic nitrogens is 2. The predicted octanol–water partition coefficient (Wildman–Crippen LogP) is 3.15. The number of hydrogen-bond donors (Lipinski definition) is 0. The molecule has 138 valence electrons. The van der Waals surface area contributed by atoms with E-state index in [1.165, 1.54) is 12.1 Å². The second-order valence-corrected chi connectivity index (χ2v) is 6.44. The third-order valence-electron chi connectivity index (χ3n) is 4.69. The number of anilines is 1. The molecule has 4 rings (SSSR count). The van der Waals surface area contributed by atoms with Gasteiger partial charge < -0.3 is 14.3 Å². The molecule has 0 N–H and O–H groups in total. The Morgan fingerprint density at radius 1 is 1.04 bits per heavy atom. The van der Waals surface area contributed by atoms with E-state index < -0.39 is 5.82 Å². The molecule has 0 bridgehead atoms. The molecule has 0 spiro atoms. The van der Waals surface area contributed by atoms with Crippen molar-refractivity contribution in [3.05, 3.63) is 65.8 Å². The number of hydrogen-bond acceptors (Lipinski definition) is 5. The zero-order chi connectivity index (χ0) is 18.8. The van der Waals surface area contributed by atoms with Crippen molar-refractivity contribution >= 4 is 11.6 Å². The maximum atomic E-state index is 13.8. The Labute approximate surface area is 156 Å². The summed E-state index contributed by atoms with van der Waals surface area (Å²) < 4.78 is 18.9. The highest BCUT2D eigenvalue weighted by atomic mass is 19.1. The van der Waals surface area contributed by atoms with Crippen LogP contribution in [0, 0.1) is 12.7 Å². The molecule has 1 saturated heterocycles. The van der Waals surface area contributed by atoms with Crippen LogP contribution in [0.3, 0.4) is 0 Å². The summed E-state index contributed by atoms with van der Waals surface area (Å²) in [7, 11) is 0. The summed E-state index contributed by atoms with van der Waals surface area (Å²) in [6.07, 6.45) is 0. The van der Waals surface area contributed by atoms with Crippen LogP contribution in [0.25, 0.3) is 11.4 Å². The Hall–Kier alpha value is -3.22. The first-order valence-corrected chi connectivity index (χ1v) is 8.81. The molecule has 1 amide bonds. The van der Waals surface area contributed by atoms with Gasteiger partial charge >= 0.3 is 0 Å². The van der Waals surface area contributed by atoms with Crippen LogP contribution in [-0.4, -0.2) is 47.1 Å². The zero-order valence-corrected chi connectivity index (χ0v) is 14.9. The molecule has 1 fully saturated rings. The van der Waals surface area contributed by atoms with Crippen molar-refractivity contribution in [2.45, 2.75) is 6.92 Å². The van der Waals surface area contributed by atoms with Gasteiger partial charge in [-0.1, -0.05) is 17.3 Å². The Kier molecular flexibility index (Phi) is 4.58. The van der Waals surface area contributed by atoms with E-state index in [-0.39, 0.29) is 11.5 Å². The third-order valence-corrected chi connectivity index (χ3v) is 4.69. The van der Waals surface area contributed by atoms with E-state index in [0.29, 0.717) is 37.9 Å². The van der Waals surface area contributed by atoms with Crippen molar-refractivity contribution in [2.75, 3.05) is 31.1 Å². The van der Waals surface area contributed by atoms with E-state index in [1.807, 2.05) is 24.3 Å². The Balaban J connectivity index is 1.40. The summed E-state index contributed by atoms with van der Waals surface area (Å²) in [5, 5.41) is 3.92. The van der Waals surface area contributed by atoms with Gasteiger partial charge in [-0.15, -0.1) is 0 Å². The van der Waals surface area contributed by atoms with Crippen LogP contribution < -0.4 is 4.90 Å². The predicted molar refractivity (Wildman–Crippen MR) is 99.0 cm³/mol. The molecular formula is C20H19FN4O2. The molecule has 0 unspecified atom stereocenters. The lowest BCUT2D eigenvalue weighted by atomic mass is 10.1. The molecule has 27 heavy (non-hydrogen) atoms. The largest absolute Gasteiger partial charge is 0.368 e. The average molecular weight is 366 g/mol. The van der Waals surface area contributed by atoms with Crippen molar-refractivity contribution in [3.8, 4) is 11.4 Å². The minimum atomic E-state index is -0.475. The summed E-state index contributed by atoms with van der Waals surface area (Å²) in [5.74, 6) is 0.372. The molecule has 0 radical (unpaired) electrons. The lowest BCUT2D eigenvalue weighted by molar-refractivity contribution is 0.0742. The molecule has 3 aromatic rings. The number of halogens is 1. The smallest absolute Gasteiger partial charge is 0.256 e. The van der Waals surface area contributed by atoms with Gasteiger partial charge in [-0.2, -0.15) is 4.98 Å². The Morgan fingerprint density at radius 2 is 1.74 bits per heavy atom. The van der Waals surface area contributed by atoms with Crippen LogP contribution in [0.4, 0.5) is 10.1 Å². The number of piperazine rings is 1. The molecule has 7 heteroatoms. The Morgan fingerprint density at radius 3 is 2.37 bits per heavy atom. The maximum Gasteiger partial charge on any atom is 0.256 e. The fraction of sp³-hybridized carbons (Fsp3) is 0.250. The van der Waals surface area contributed by atoms with Crippen LogP contribution in [0.1, 0.15) is 16.2 Å². The normalized spacial score (nSPS) is 14.4. The monoisotopic (exact) mass is 366 g/mol. The first-order valence-electron chi connectivity index (χ1n) is 8.81. The van der Waals surface area contributed by atoms with E-state index in [4.69, 9.17) is 4.52 Å². The van der Waals surface area contributed by atoms with Gasteiger partial charge in [0.2, 0.25) is 11.7 Å². The first-order chi connectivity index (χ1) is 13.1. The quantitative estimate of drug-likeness (QED) is 0.713. The summed E-state index contributed by atoms with van der Waals surface area (Å²) >= 11 is 0. The van der Waals surface area contributed by atoms with E-state index in [0.717, 1.165) is 11.3 Å². The SMILES string of the molecule is Cc1nc(-c2ccc(N3CCN(C(=O)c4ccccc4F)CC3)cc2)no1. The van der Waals surface area contributed by atoms with Gasteiger partial charge in [-0.05, 0) is 36.4 Å². The van der Waals surface area contributed by atoms with Gasteiger partial charge in [-0.3, -0.25) is 4.79 Å². The fourth-order valence-corrected chi connectivity index (χ4v) is 3.21. The number of nitrogens with zero attached hydrogens (tertiary/aromatic N) is 4.